The van der Waals surface area contributed by atoms with Crippen molar-refractivity contribution in [3.05, 3.63) is 120 Å². The van der Waals surface area contributed by atoms with Gasteiger partial charge in [-0.2, -0.15) is 0 Å². The molecule has 0 aromatic heterocycles. The van der Waals surface area contributed by atoms with Crippen LogP contribution in [0.25, 0.3) is 54.6 Å². The van der Waals surface area contributed by atoms with Crippen molar-refractivity contribution in [2.24, 2.45) is 0 Å². The fourth-order valence-electron chi connectivity index (χ4n) is 8.21. The van der Waals surface area contributed by atoms with Gasteiger partial charge in [0.05, 0.1) is 0 Å². The molecule has 0 unspecified atom stereocenters. The van der Waals surface area contributed by atoms with Crippen molar-refractivity contribution in [3.8, 4) is 22.3 Å². The van der Waals surface area contributed by atoms with Crippen LogP contribution in [0.1, 0.15) is 87.2 Å². The molecule has 2 aliphatic rings. The standard InChI is InChI=1S/C42H40/c1-3-11-29(12-4-1)32-19-22-33(23-20-32)41-37-17-9-10-18-38(37)42(36-24-21-31-15-7-8-16-34(31)27-36)39-26-25-35(28-40(39)41)30-13-5-2-6-14-30/h7-10,15-30H,1-6,11-14H2. The van der Waals surface area contributed by atoms with Crippen molar-refractivity contribution < 1.29 is 0 Å². The molecule has 0 spiro atoms. The minimum absolute atomic E-state index is 0.681. The molecule has 0 N–H and O–H groups in total. The summed E-state index contributed by atoms with van der Waals surface area (Å²) in [5.74, 6) is 1.41. The van der Waals surface area contributed by atoms with Gasteiger partial charge in [-0.05, 0) is 109 Å². The zero-order chi connectivity index (χ0) is 27.9. The number of rotatable bonds is 4. The summed E-state index contributed by atoms with van der Waals surface area (Å²) in [5.41, 5.74) is 8.48. The molecule has 0 saturated heterocycles. The lowest BCUT2D eigenvalue weighted by Crippen LogP contribution is -2.05. The van der Waals surface area contributed by atoms with E-state index in [-0.39, 0.29) is 0 Å². The van der Waals surface area contributed by atoms with Gasteiger partial charge in [-0.15, -0.1) is 0 Å². The zero-order valence-electron chi connectivity index (χ0n) is 24.6. The molecule has 0 bridgehead atoms. The first kappa shape index (κ1) is 25.8. The van der Waals surface area contributed by atoms with Crippen LogP contribution in [0.5, 0.6) is 0 Å². The summed E-state index contributed by atoms with van der Waals surface area (Å²) < 4.78 is 0. The minimum atomic E-state index is 0.681. The van der Waals surface area contributed by atoms with E-state index in [1.54, 1.807) is 0 Å². The number of hydrogen-bond donors (Lipinski definition) is 0. The highest BCUT2D eigenvalue weighted by Gasteiger charge is 2.21. The van der Waals surface area contributed by atoms with E-state index in [1.165, 1.54) is 130 Å². The maximum atomic E-state index is 2.58. The maximum absolute atomic E-state index is 2.58. The average molecular weight is 545 g/mol. The molecule has 6 aromatic rings. The predicted molar refractivity (Wildman–Crippen MR) is 181 cm³/mol. The van der Waals surface area contributed by atoms with Crippen LogP contribution in [-0.2, 0) is 0 Å². The highest BCUT2D eigenvalue weighted by atomic mass is 14.3. The Balaban J connectivity index is 1.38. The molecular weight excluding hydrogens is 504 g/mol. The van der Waals surface area contributed by atoms with Crippen LogP contribution < -0.4 is 0 Å². The van der Waals surface area contributed by atoms with E-state index in [0.29, 0.717) is 5.92 Å². The van der Waals surface area contributed by atoms with E-state index < -0.39 is 0 Å². The Kier molecular flexibility index (Phi) is 6.79. The first-order valence-electron chi connectivity index (χ1n) is 16.4. The summed E-state index contributed by atoms with van der Waals surface area (Å²) in [6.45, 7) is 0. The summed E-state index contributed by atoms with van der Waals surface area (Å²) in [5, 5.41) is 8.08. The molecule has 0 atom stereocenters. The second kappa shape index (κ2) is 11.1. The molecule has 0 amide bonds. The Labute approximate surface area is 250 Å². The molecule has 8 rings (SSSR count). The van der Waals surface area contributed by atoms with E-state index in [9.17, 15) is 0 Å². The van der Waals surface area contributed by atoms with Crippen molar-refractivity contribution in [3.63, 3.8) is 0 Å². The van der Waals surface area contributed by atoms with E-state index in [1.807, 2.05) is 0 Å². The molecule has 0 heterocycles. The maximum Gasteiger partial charge on any atom is -0.00261 e. The Morgan fingerprint density at radius 2 is 0.881 bits per heavy atom. The third-order valence-electron chi connectivity index (χ3n) is 10.4. The zero-order valence-corrected chi connectivity index (χ0v) is 24.6. The normalized spacial score (nSPS) is 16.9. The fraction of sp³-hybridized carbons (Fsp3) is 0.286. The molecule has 2 fully saturated rings. The van der Waals surface area contributed by atoms with Gasteiger partial charge in [0.2, 0.25) is 0 Å². The lowest BCUT2D eigenvalue weighted by molar-refractivity contribution is 0.443. The molecule has 0 nitrogen and oxygen atoms in total. The highest BCUT2D eigenvalue weighted by molar-refractivity contribution is 6.21. The second-order valence-corrected chi connectivity index (χ2v) is 13.0. The van der Waals surface area contributed by atoms with Crippen molar-refractivity contribution in [2.45, 2.75) is 76.0 Å². The third kappa shape index (κ3) is 4.62. The van der Waals surface area contributed by atoms with E-state index in [0.717, 1.165) is 5.92 Å². The summed E-state index contributed by atoms with van der Waals surface area (Å²) >= 11 is 0. The summed E-state index contributed by atoms with van der Waals surface area (Å²) in [7, 11) is 0. The van der Waals surface area contributed by atoms with Gasteiger partial charge < -0.3 is 0 Å². The Hall–Kier alpha value is -3.90. The van der Waals surface area contributed by atoms with Crippen molar-refractivity contribution in [1.82, 2.24) is 0 Å². The van der Waals surface area contributed by atoms with Crippen LogP contribution in [0.2, 0.25) is 0 Å². The van der Waals surface area contributed by atoms with Crippen LogP contribution in [0.3, 0.4) is 0 Å². The largest absolute Gasteiger partial charge is 0.0616 e. The predicted octanol–water partition coefficient (Wildman–Crippen LogP) is 12.6. The first-order valence-corrected chi connectivity index (χ1v) is 16.4. The molecule has 6 aromatic carbocycles. The first-order chi connectivity index (χ1) is 20.8. The molecule has 0 aliphatic heterocycles. The fourth-order valence-corrected chi connectivity index (χ4v) is 8.21. The average Bonchev–Trinajstić information content (AvgIpc) is 3.07. The van der Waals surface area contributed by atoms with E-state index in [2.05, 4.69) is 109 Å². The third-order valence-corrected chi connectivity index (χ3v) is 10.4. The van der Waals surface area contributed by atoms with Crippen LogP contribution in [-0.4, -0.2) is 0 Å². The molecule has 208 valence electrons. The lowest BCUT2D eigenvalue weighted by atomic mass is 9.80. The SMILES string of the molecule is c1ccc2cc(-c3c4ccccc4c(-c4ccc(C5CCCCC5)cc4)c4cc(C5CCCCC5)ccc34)ccc2c1. The van der Waals surface area contributed by atoms with E-state index in [4.69, 9.17) is 0 Å². The van der Waals surface area contributed by atoms with Gasteiger partial charge in [0.1, 0.15) is 0 Å². The van der Waals surface area contributed by atoms with Crippen LogP contribution in [0, 0.1) is 0 Å². The molecule has 2 aliphatic carbocycles. The Morgan fingerprint density at radius 1 is 0.357 bits per heavy atom. The Bertz CT molecular complexity index is 1880. The monoisotopic (exact) mass is 544 g/mol. The topological polar surface area (TPSA) is 0 Å². The van der Waals surface area contributed by atoms with Crippen LogP contribution in [0.4, 0.5) is 0 Å². The van der Waals surface area contributed by atoms with Crippen molar-refractivity contribution in [2.75, 3.05) is 0 Å². The van der Waals surface area contributed by atoms with Gasteiger partial charge in [-0.1, -0.05) is 142 Å². The summed E-state index contributed by atoms with van der Waals surface area (Å²) in [6, 6.07) is 42.1. The van der Waals surface area contributed by atoms with Gasteiger partial charge in [0.15, 0.2) is 0 Å². The molecule has 42 heavy (non-hydrogen) atoms. The lowest BCUT2D eigenvalue weighted by Gasteiger charge is -2.24. The molecule has 2 saturated carbocycles. The summed E-state index contributed by atoms with van der Waals surface area (Å²) in [6.07, 6.45) is 13.6. The minimum Gasteiger partial charge on any atom is -0.0616 e. The second-order valence-electron chi connectivity index (χ2n) is 13.0. The van der Waals surface area contributed by atoms with Gasteiger partial charge in [0.25, 0.3) is 0 Å². The number of hydrogen-bond acceptors (Lipinski definition) is 0. The van der Waals surface area contributed by atoms with Gasteiger partial charge >= 0.3 is 0 Å². The van der Waals surface area contributed by atoms with Crippen molar-refractivity contribution >= 4 is 32.3 Å². The molecule has 0 heteroatoms. The number of benzene rings is 6. The molecule has 0 radical (unpaired) electrons. The Morgan fingerprint density at radius 3 is 1.57 bits per heavy atom. The smallest absolute Gasteiger partial charge is 0.00261 e. The van der Waals surface area contributed by atoms with Gasteiger partial charge in [0, 0.05) is 0 Å². The van der Waals surface area contributed by atoms with Crippen LogP contribution in [0.15, 0.2) is 109 Å². The number of fused-ring (bicyclic) bond motifs is 3. The summed E-state index contributed by atoms with van der Waals surface area (Å²) in [4.78, 5) is 0. The van der Waals surface area contributed by atoms with Crippen molar-refractivity contribution in [1.29, 1.82) is 0 Å². The van der Waals surface area contributed by atoms with Gasteiger partial charge in [-0.3, -0.25) is 0 Å². The molecular formula is C42H40. The van der Waals surface area contributed by atoms with Gasteiger partial charge in [-0.25, -0.2) is 0 Å². The quantitative estimate of drug-likeness (QED) is 0.194. The van der Waals surface area contributed by atoms with E-state index >= 15 is 0 Å². The highest BCUT2D eigenvalue weighted by Crippen LogP contribution is 2.46. The van der Waals surface area contributed by atoms with Crippen LogP contribution >= 0.6 is 0 Å².